The Morgan fingerprint density at radius 2 is 2.00 bits per heavy atom. The number of rotatable bonds is 0. The van der Waals surface area contributed by atoms with E-state index in [1.165, 1.54) is 0 Å². The number of hydrogen-bond acceptors (Lipinski definition) is 4. The number of anilines is 1. The number of para-hydroxylation sites is 1. The summed E-state index contributed by atoms with van der Waals surface area (Å²) in [6, 6.07) is 5.01. The lowest BCUT2D eigenvalue weighted by Crippen LogP contribution is -2.39. The van der Waals surface area contributed by atoms with E-state index in [2.05, 4.69) is 0 Å². The molecule has 0 atom stereocenters. The van der Waals surface area contributed by atoms with Crippen LogP contribution in [0, 0.1) is 0 Å². The molecule has 0 fully saturated rings. The molecule has 2 N–H and O–H groups in total. The van der Waals surface area contributed by atoms with Gasteiger partial charge in [0.15, 0.2) is 5.75 Å². The van der Waals surface area contributed by atoms with Crippen molar-refractivity contribution in [1.29, 1.82) is 0 Å². The van der Waals surface area contributed by atoms with Crippen molar-refractivity contribution >= 4 is 11.7 Å². The van der Waals surface area contributed by atoms with Crippen molar-refractivity contribution < 1.29 is 14.3 Å². The molecule has 1 aromatic carbocycles. The lowest BCUT2D eigenvalue weighted by molar-refractivity contribution is -0.126. The Bertz CT molecular complexity index is 398. The Balaban J connectivity index is 2.56. The van der Waals surface area contributed by atoms with Crippen molar-refractivity contribution in [3.8, 4) is 5.75 Å². The summed E-state index contributed by atoms with van der Waals surface area (Å²) in [6.45, 7) is 3.33. The highest BCUT2D eigenvalue weighted by molar-refractivity contribution is 5.95. The van der Waals surface area contributed by atoms with E-state index in [1.54, 1.807) is 32.0 Å². The van der Waals surface area contributed by atoms with E-state index in [0.29, 0.717) is 17.0 Å². The van der Waals surface area contributed by atoms with E-state index in [1.807, 2.05) is 0 Å². The normalized spacial score (nSPS) is 18.0. The van der Waals surface area contributed by atoms with Crippen molar-refractivity contribution in [2.75, 3.05) is 5.73 Å². The van der Waals surface area contributed by atoms with Crippen molar-refractivity contribution in [3.63, 3.8) is 0 Å². The number of fused-ring (bicyclic) bond motifs is 1. The zero-order chi connectivity index (χ0) is 10.3. The minimum atomic E-state index is -0.945. The second kappa shape index (κ2) is 2.64. The second-order valence-electron chi connectivity index (χ2n) is 3.62. The first kappa shape index (κ1) is 8.87. The average molecular weight is 193 g/mol. The summed E-state index contributed by atoms with van der Waals surface area (Å²) in [4.78, 5) is 11.5. The Labute approximate surface area is 81.6 Å². The van der Waals surface area contributed by atoms with Crippen molar-refractivity contribution in [3.05, 3.63) is 23.8 Å². The fourth-order valence-electron chi connectivity index (χ4n) is 1.37. The summed E-state index contributed by atoms with van der Waals surface area (Å²) in [7, 11) is 0. The van der Waals surface area contributed by atoms with E-state index in [9.17, 15) is 4.79 Å². The smallest absolute Gasteiger partial charge is 0.345 e. The summed E-state index contributed by atoms with van der Waals surface area (Å²) in [5.41, 5.74) is 6.52. The van der Waals surface area contributed by atoms with Gasteiger partial charge in [0.05, 0.1) is 5.69 Å². The van der Waals surface area contributed by atoms with Crippen LogP contribution in [-0.4, -0.2) is 11.8 Å². The van der Waals surface area contributed by atoms with Crippen LogP contribution in [0.4, 0.5) is 5.69 Å². The highest BCUT2D eigenvalue weighted by Gasteiger charge is 2.34. The molecule has 1 aromatic rings. The van der Waals surface area contributed by atoms with Gasteiger partial charge >= 0.3 is 5.97 Å². The van der Waals surface area contributed by atoms with E-state index >= 15 is 0 Å². The summed E-state index contributed by atoms with van der Waals surface area (Å²) in [6.07, 6.45) is 0. The third kappa shape index (κ3) is 1.28. The number of carbonyl (C=O) groups is 1. The van der Waals surface area contributed by atoms with Crippen LogP contribution in [0.3, 0.4) is 0 Å². The van der Waals surface area contributed by atoms with E-state index in [0.717, 1.165) is 0 Å². The first-order valence-corrected chi connectivity index (χ1v) is 4.30. The number of cyclic esters (lactones) is 1. The Morgan fingerprint density at radius 3 is 2.71 bits per heavy atom. The average Bonchev–Trinajstić information content (AvgIpc) is 2.05. The molecule has 4 nitrogen and oxygen atoms in total. The van der Waals surface area contributed by atoms with E-state index in [-0.39, 0.29) is 0 Å². The van der Waals surface area contributed by atoms with Crippen LogP contribution >= 0.6 is 0 Å². The van der Waals surface area contributed by atoms with Crippen molar-refractivity contribution in [2.24, 2.45) is 0 Å². The van der Waals surface area contributed by atoms with Crippen LogP contribution in [0.2, 0.25) is 0 Å². The van der Waals surface area contributed by atoms with Crippen LogP contribution in [0.15, 0.2) is 18.2 Å². The fraction of sp³-hybridized carbons (Fsp3) is 0.300. The topological polar surface area (TPSA) is 61.5 Å². The predicted octanol–water partition coefficient (Wildman–Crippen LogP) is 1.55. The molecule has 0 bridgehead atoms. The molecule has 74 valence electrons. The molecule has 1 heterocycles. The molecule has 0 aliphatic carbocycles. The van der Waals surface area contributed by atoms with Crippen molar-refractivity contribution in [1.82, 2.24) is 0 Å². The number of hydrogen-bond donors (Lipinski definition) is 1. The van der Waals surface area contributed by atoms with Gasteiger partial charge in [-0.2, -0.15) is 0 Å². The van der Waals surface area contributed by atoms with Gasteiger partial charge < -0.3 is 15.2 Å². The van der Waals surface area contributed by atoms with Crippen LogP contribution in [0.5, 0.6) is 5.75 Å². The molecular weight excluding hydrogens is 182 g/mol. The van der Waals surface area contributed by atoms with Crippen LogP contribution in [0.1, 0.15) is 24.2 Å². The van der Waals surface area contributed by atoms with Gasteiger partial charge in [-0.3, -0.25) is 0 Å². The molecular formula is C10H11NO3. The number of ether oxygens (including phenoxy) is 2. The SMILES string of the molecule is CC1(C)OC(=O)c2cccc(N)c2O1. The molecule has 1 aliphatic heterocycles. The largest absolute Gasteiger partial charge is 0.450 e. The molecule has 0 saturated heterocycles. The van der Waals surface area contributed by atoms with Gasteiger partial charge in [0.2, 0.25) is 5.79 Å². The Kier molecular flexibility index (Phi) is 1.67. The number of benzene rings is 1. The maximum atomic E-state index is 11.5. The minimum absolute atomic E-state index is 0.379. The quantitative estimate of drug-likeness (QED) is 0.501. The van der Waals surface area contributed by atoms with Crippen LogP contribution < -0.4 is 10.5 Å². The third-order valence-corrected chi connectivity index (χ3v) is 1.95. The maximum absolute atomic E-state index is 11.5. The number of nitrogen functional groups attached to an aromatic ring is 1. The summed E-state index contributed by atoms with van der Waals surface area (Å²) >= 11 is 0. The first-order valence-electron chi connectivity index (χ1n) is 4.30. The van der Waals surface area contributed by atoms with Gasteiger partial charge in [-0.25, -0.2) is 4.79 Å². The molecule has 0 aromatic heterocycles. The summed E-state index contributed by atoms with van der Waals surface area (Å²) in [5.74, 6) is -0.933. The van der Waals surface area contributed by atoms with Gasteiger partial charge in [0, 0.05) is 13.8 Å². The second-order valence-corrected chi connectivity index (χ2v) is 3.62. The minimum Gasteiger partial charge on any atom is -0.450 e. The van der Waals surface area contributed by atoms with Gasteiger partial charge in [0.25, 0.3) is 0 Å². The monoisotopic (exact) mass is 193 g/mol. The molecule has 0 saturated carbocycles. The molecule has 0 unspecified atom stereocenters. The molecule has 1 aliphatic rings. The molecule has 0 spiro atoms. The fourth-order valence-corrected chi connectivity index (χ4v) is 1.37. The highest BCUT2D eigenvalue weighted by atomic mass is 16.7. The van der Waals surface area contributed by atoms with Crippen LogP contribution in [0.25, 0.3) is 0 Å². The zero-order valence-electron chi connectivity index (χ0n) is 8.03. The maximum Gasteiger partial charge on any atom is 0.345 e. The van der Waals surface area contributed by atoms with Gasteiger partial charge in [-0.1, -0.05) is 6.07 Å². The third-order valence-electron chi connectivity index (χ3n) is 1.95. The van der Waals surface area contributed by atoms with Crippen LogP contribution in [-0.2, 0) is 4.74 Å². The van der Waals surface area contributed by atoms with E-state index in [4.69, 9.17) is 15.2 Å². The highest BCUT2D eigenvalue weighted by Crippen LogP contribution is 2.35. The molecule has 4 heteroatoms. The van der Waals surface area contributed by atoms with Crippen molar-refractivity contribution in [2.45, 2.75) is 19.6 Å². The molecule has 0 amide bonds. The number of esters is 1. The molecule has 0 radical (unpaired) electrons. The zero-order valence-corrected chi connectivity index (χ0v) is 8.03. The standard InChI is InChI=1S/C10H11NO3/c1-10(2)13-8-6(9(12)14-10)4-3-5-7(8)11/h3-5H,11H2,1-2H3. The Hall–Kier alpha value is -1.71. The molecule has 14 heavy (non-hydrogen) atoms. The molecule has 2 rings (SSSR count). The summed E-state index contributed by atoms with van der Waals surface area (Å²) < 4.78 is 10.5. The van der Waals surface area contributed by atoms with Gasteiger partial charge in [-0.15, -0.1) is 0 Å². The number of carbonyl (C=O) groups excluding carboxylic acids is 1. The lowest BCUT2D eigenvalue weighted by Gasteiger charge is -2.32. The first-order chi connectivity index (χ1) is 6.49. The lowest BCUT2D eigenvalue weighted by atomic mass is 10.1. The van der Waals surface area contributed by atoms with Gasteiger partial charge in [0.1, 0.15) is 5.56 Å². The Morgan fingerprint density at radius 1 is 1.29 bits per heavy atom. The van der Waals surface area contributed by atoms with Gasteiger partial charge in [-0.05, 0) is 12.1 Å². The van der Waals surface area contributed by atoms with E-state index < -0.39 is 11.8 Å². The predicted molar refractivity (Wildman–Crippen MR) is 51.0 cm³/mol. The summed E-state index contributed by atoms with van der Waals surface area (Å²) in [5, 5.41) is 0. The number of nitrogens with two attached hydrogens (primary N) is 1.